The molecule has 2 aliphatic heterocycles. The number of rotatable bonds is 3. The molecule has 1 aromatic carbocycles. The lowest BCUT2D eigenvalue weighted by Crippen LogP contribution is -2.50. The van der Waals surface area contributed by atoms with Crippen LogP contribution in [0.3, 0.4) is 0 Å². The van der Waals surface area contributed by atoms with E-state index in [-0.39, 0.29) is 5.60 Å². The first kappa shape index (κ1) is 12.5. The molecule has 2 heterocycles. The molecule has 3 aliphatic rings. The van der Waals surface area contributed by atoms with Crippen molar-refractivity contribution < 1.29 is 14.2 Å². The zero-order valence-corrected chi connectivity index (χ0v) is 11.7. The zero-order valence-electron chi connectivity index (χ0n) is 11.7. The van der Waals surface area contributed by atoms with Gasteiger partial charge in [-0.15, -0.1) is 0 Å². The SMILES string of the molecule is c1cc(CNC2CCOC3(CCC3)C2)c2c(c1)OCO2. The highest BCUT2D eigenvalue weighted by molar-refractivity contribution is 5.48. The Morgan fingerprint density at radius 2 is 2.20 bits per heavy atom. The van der Waals surface area contributed by atoms with E-state index in [4.69, 9.17) is 14.2 Å². The minimum Gasteiger partial charge on any atom is -0.454 e. The van der Waals surface area contributed by atoms with Crippen LogP contribution in [0.25, 0.3) is 0 Å². The van der Waals surface area contributed by atoms with Crippen LogP contribution in [0.4, 0.5) is 0 Å². The molecule has 0 bridgehead atoms. The van der Waals surface area contributed by atoms with E-state index in [1.807, 2.05) is 12.1 Å². The number of nitrogens with one attached hydrogen (secondary N) is 1. The zero-order chi connectivity index (χ0) is 13.4. The molecule has 20 heavy (non-hydrogen) atoms. The summed E-state index contributed by atoms with van der Waals surface area (Å²) < 4.78 is 16.9. The Morgan fingerprint density at radius 3 is 3.05 bits per heavy atom. The highest BCUT2D eigenvalue weighted by atomic mass is 16.7. The fourth-order valence-corrected chi connectivity index (χ4v) is 3.51. The summed E-state index contributed by atoms with van der Waals surface area (Å²) in [6, 6.07) is 6.66. The lowest BCUT2D eigenvalue weighted by molar-refractivity contribution is -0.135. The molecule has 4 rings (SSSR count). The number of hydrogen-bond donors (Lipinski definition) is 1. The largest absolute Gasteiger partial charge is 0.454 e. The van der Waals surface area contributed by atoms with Crippen LogP contribution < -0.4 is 14.8 Å². The van der Waals surface area contributed by atoms with Crippen LogP contribution in [0.15, 0.2) is 18.2 Å². The molecule has 0 radical (unpaired) electrons. The van der Waals surface area contributed by atoms with Crippen LogP contribution in [0.2, 0.25) is 0 Å². The molecular formula is C16H21NO3. The van der Waals surface area contributed by atoms with E-state index in [0.717, 1.165) is 37.5 Å². The highest BCUT2D eigenvalue weighted by Crippen LogP contribution is 2.42. The average molecular weight is 275 g/mol. The van der Waals surface area contributed by atoms with Gasteiger partial charge in [-0.3, -0.25) is 0 Å². The Hall–Kier alpha value is -1.26. The third kappa shape index (κ3) is 2.17. The summed E-state index contributed by atoms with van der Waals surface area (Å²) in [7, 11) is 0. The molecule has 2 fully saturated rings. The molecule has 1 aliphatic carbocycles. The highest BCUT2D eigenvalue weighted by Gasteiger charge is 2.42. The smallest absolute Gasteiger partial charge is 0.231 e. The molecule has 1 spiro atoms. The number of ether oxygens (including phenoxy) is 3. The van der Waals surface area contributed by atoms with Crippen molar-refractivity contribution in [3.8, 4) is 11.5 Å². The van der Waals surface area contributed by atoms with Gasteiger partial charge in [0.25, 0.3) is 0 Å². The van der Waals surface area contributed by atoms with Gasteiger partial charge >= 0.3 is 0 Å². The summed E-state index contributed by atoms with van der Waals surface area (Å²) in [6.07, 6.45) is 6.06. The van der Waals surface area contributed by atoms with Crippen LogP contribution in [0.5, 0.6) is 11.5 Å². The molecule has 4 nitrogen and oxygen atoms in total. The summed E-state index contributed by atoms with van der Waals surface area (Å²) in [5.74, 6) is 1.78. The molecule has 1 unspecified atom stereocenters. The first-order valence-electron chi connectivity index (χ1n) is 7.60. The van der Waals surface area contributed by atoms with Gasteiger partial charge in [-0.2, -0.15) is 0 Å². The second-order valence-corrected chi connectivity index (χ2v) is 6.11. The molecule has 4 heteroatoms. The quantitative estimate of drug-likeness (QED) is 0.920. The van der Waals surface area contributed by atoms with Crippen LogP contribution in [0, 0.1) is 0 Å². The van der Waals surface area contributed by atoms with Crippen molar-refractivity contribution in [2.75, 3.05) is 13.4 Å². The number of fused-ring (bicyclic) bond motifs is 1. The first-order chi connectivity index (χ1) is 9.85. The standard InChI is InChI=1S/C16H21NO3/c1-3-12(15-14(4-1)18-11-19-15)10-17-13-5-8-20-16(9-13)6-2-7-16/h1,3-4,13,17H,2,5-11H2. The fraction of sp³-hybridized carbons (Fsp3) is 0.625. The van der Waals surface area contributed by atoms with E-state index in [1.54, 1.807) is 0 Å². The molecule has 1 atom stereocenters. The van der Waals surface area contributed by atoms with Crippen LogP contribution in [-0.4, -0.2) is 25.0 Å². The van der Waals surface area contributed by atoms with Gasteiger partial charge in [-0.1, -0.05) is 12.1 Å². The van der Waals surface area contributed by atoms with E-state index in [9.17, 15) is 0 Å². The van der Waals surface area contributed by atoms with Gasteiger partial charge < -0.3 is 19.5 Å². The Morgan fingerprint density at radius 1 is 1.25 bits per heavy atom. The van der Waals surface area contributed by atoms with Gasteiger partial charge in [-0.05, 0) is 38.2 Å². The van der Waals surface area contributed by atoms with Crippen molar-refractivity contribution >= 4 is 0 Å². The first-order valence-corrected chi connectivity index (χ1v) is 7.60. The summed E-state index contributed by atoms with van der Waals surface area (Å²) in [6.45, 7) is 2.07. The molecular weight excluding hydrogens is 254 g/mol. The third-order valence-electron chi connectivity index (χ3n) is 4.82. The summed E-state index contributed by atoms with van der Waals surface area (Å²) >= 11 is 0. The van der Waals surface area contributed by atoms with Crippen molar-refractivity contribution in [3.05, 3.63) is 23.8 Å². The monoisotopic (exact) mass is 275 g/mol. The molecule has 1 N–H and O–H groups in total. The van der Waals surface area contributed by atoms with E-state index in [2.05, 4.69) is 11.4 Å². The second kappa shape index (κ2) is 4.93. The van der Waals surface area contributed by atoms with Gasteiger partial charge in [-0.25, -0.2) is 0 Å². The minimum atomic E-state index is 0.203. The fourth-order valence-electron chi connectivity index (χ4n) is 3.51. The van der Waals surface area contributed by atoms with Crippen molar-refractivity contribution in [2.45, 2.75) is 50.3 Å². The molecule has 1 aromatic rings. The summed E-state index contributed by atoms with van der Waals surface area (Å²) in [4.78, 5) is 0. The Bertz CT molecular complexity index is 498. The maximum atomic E-state index is 5.97. The summed E-state index contributed by atoms with van der Waals surface area (Å²) in [5, 5.41) is 3.68. The topological polar surface area (TPSA) is 39.7 Å². The summed E-state index contributed by atoms with van der Waals surface area (Å²) in [5.41, 5.74) is 1.39. The van der Waals surface area contributed by atoms with Crippen molar-refractivity contribution in [1.29, 1.82) is 0 Å². The van der Waals surface area contributed by atoms with Crippen molar-refractivity contribution in [2.24, 2.45) is 0 Å². The molecule has 1 saturated carbocycles. The van der Waals surface area contributed by atoms with E-state index >= 15 is 0 Å². The van der Waals surface area contributed by atoms with E-state index < -0.39 is 0 Å². The Labute approximate surface area is 119 Å². The number of para-hydroxylation sites is 1. The molecule has 108 valence electrons. The number of benzene rings is 1. The van der Waals surface area contributed by atoms with Gasteiger partial charge in [0.05, 0.1) is 5.60 Å². The number of hydrogen-bond acceptors (Lipinski definition) is 4. The maximum Gasteiger partial charge on any atom is 0.231 e. The average Bonchev–Trinajstić information content (AvgIpc) is 2.92. The molecule has 1 saturated heterocycles. The minimum absolute atomic E-state index is 0.203. The Balaban J connectivity index is 1.39. The predicted molar refractivity (Wildman–Crippen MR) is 75.0 cm³/mol. The van der Waals surface area contributed by atoms with Gasteiger partial charge in [0, 0.05) is 24.8 Å². The molecule has 0 aromatic heterocycles. The Kier molecular flexibility index (Phi) is 3.08. The molecule has 0 amide bonds. The normalized spacial score (nSPS) is 26.5. The van der Waals surface area contributed by atoms with Gasteiger partial charge in [0.1, 0.15) is 0 Å². The lowest BCUT2D eigenvalue weighted by atomic mass is 9.74. The van der Waals surface area contributed by atoms with E-state index in [1.165, 1.54) is 24.8 Å². The predicted octanol–water partition coefficient (Wildman–Crippen LogP) is 2.61. The second-order valence-electron chi connectivity index (χ2n) is 6.11. The van der Waals surface area contributed by atoms with Crippen LogP contribution >= 0.6 is 0 Å². The van der Waals surface area contributed by atoms with Crippen molar-refractivity contribution in [1.82, 2.24) is 5.32 Å². The van der Waals surface area contributed by atoms with Gasteiger partial charge in [0.15, 0.2) is 11.5 Å². The maximum absolute atomic E-state index is 5.97. The van der Waals surface area contributed by atoms with Crippen molar-refractivity contribution in [3.63, 3.8) is 0 Å². The third-order valence-corrected chi connectivity index (χ3v) is 4.82. The lowest BCUT2D eigenvalue weighted by Gasteiger charge is -2.47. The van der Waals surface area contributed by atoms with Gasteiger partial charge in [0.2, 0.25) is 6.79 Å². The van der Waals surface area contributed by atoms with Crippen LogP contribution in [0.1, 0.15) is 37.7 Å². The van der Waals surface area contributed by atoms with Crippen LogP contribution in [-0.2, 0) is 11.3 Å². The van der Waals surface area contributed by atoms with E-state index in [0.29, 0.717) is 12.8 Å².